The quantitative estimate of drug-likeness (QED) is 0.239. The van der Waals surface area contributed by atoms with Crippen LogP contribution in [-0.4, -0.2) is 5.97 Å². The van der Waals surface area contributed by atoms with E-state index in [1.807, 2.05) is 24.3 Å². The van der Waals surface area contributed by atoms with Crippen molar-refractivity contribution in [2.24, 2.45) is 5.92 Å². The summed E-state index contributed by atoms with van der Waals surface area (Å²) in [5.74, 6) is 0.597. The summed E-state index contributed by atoms with van der Waals surface area (Å²) in [5.41, 5.74) is 5.47. The number of ether oxygens (including phenoxy) is 1. The normalized spacial score (nSPS) is 11.6. The first-order valence-corrected chi connectivity index (χ1v) is 12.0. The van der Waals surface area contributed by atoms with Crippen molar-refractivity contribution in [3.05, 3.63) is 89.0 Å². The zero-order chi connectivity index (χ0) is 23.6. The molecule has 0 fully saturated rings. The number of carbonyl (C=O) groups is 1. The van der Waals surface area contributed by atoms with Gasteiger partial charge in [-0.2, -0.15) is 5.26 Å². The van der Waals surface area contributed by atoms with E-state index < -0.39 is 5.97 Å². The number of carbonyl (C=O) groups excluding carboxylic acids is 1. The lowest BCUT2D eigenvalue weighted by Gasteiger charge is -2.10. The Morgan fingerprint density at radius 1 is 0.909 bits per heavy atom. The third-order valence-corrected chi connectivity index (χ3v) is 6.22. The average molecular weight is 440 g/mol. The largest absolute Gasteiger partial charge is 0.422 e. The van der Waals surface area contributed by atoms with E-state index >= 15 is 0 Å². The predicted molar refractivity (Wildman–Crippen MR) is 134 cm³/mol. The zero-order valence-corrected chi connectivity index (χ0v) is 19.9. The van der Waals surface area contributed by atoms with Gasteiger partial charge in [0.1, 0.15) is 11.8 Å². The molecule has 0 aliphatic carbocycles. The first-order valence-electron chi connectivity index (χ1n) is 12.0. The molecule has 3 heteroatoms. The predicted octanol–water partition coefficient (Wildman–Crippen LogP) is 7.77. The van der Waals surface area contributed by atoms with Crippen molar-refractivity contribution in [2.45, 2.75) is 59.3 Å². The lowest BCUT2D eigenvalue weighted by Crippen LogP contribution is -2.09. The fraction of sp³-hybridized carbons (Fsp3) is 0.333. The Morgan fingerprint density at radius 3 is 2.15 bits per heavy atom. The van der Waals surface area contributed by atoms with E-state index in [0.29, 0.717) is 16.9 Å². The molecule has 1 atom stereocenters. The minimum absolute atomic E-state index is 0.305. The number of esters is 1. The highest BCUT2D eigenvalue weighted by Gasteiger charge is 2.13. The first kappa shape index (κ1) is 24.3. The molecule has 0 radical (unpaired) electrons. The molecule has 3 nitrogen and oxygen atoms in total. The lowest BCUT2D eigenvalue weighted by atomic mass is 9.97. The van der Waals surface area contributed by atoms with Crippen LogP contribution < -0.4 is 4.74 Å². The molecule has 170 valence electrons. The molecule has 0 aliphatic heterocycles. The Bertz CT molecular complexity index is 1090. The third kappa shape index (κ3) is 6.80. The van der Waals surface area contributed by atoms with Crippen molar-refractivity contribution < 1.29 is 9.53 Å². The van der Waals surface area contributed by atoms with Crippen LogP contribution in [0.25, 0.3) is 11.1 Å². The van der Waals surface area contributed by atoms with Crippen molar-refractivity contribution in [1.82, 2.24) is 0 Å². The number of aryl methyl sites for hydroxylation is 2. The van der Waals surface area contributed by atoms with Crippen LogP contribution >= 0.6 is 0 Å². The van der Waals surface area contributed by atoms with Crippen LogP contribution in [0.4, 0.5) is 0 Å². The van der Waals surface area contributed by atoms with E-state index in [1.54, 1.807) is 18.2 Å². The summed E-state index contributed by atoms with van der Waals surface area (Å²) >= 11 is 0. The van der Waals surface area contributed by atoms with Gasteiger partial charge in [0.25, 0.3) is 0 Å². The highest BCUT2D eigenvalue weighted by atomic mass is 16.5. The molecule has 1 unspecified atom stereocenters. The van der Waals surface area contributed by atoms with Gasteiger partial charge in [0.05, 0.1) is 11.1 Å². The van der Waals surface area contributed by atoms with Crippen molar-refractivity contribution in [3.8, 4) is 22.9 Å². The van der Waals surface area contributed by atoms with Gasteiger partial charge in [-0.15, -0.1) is 0 Å². The van der Waals surface area contributed by atoms with E-state index in [1.165, 1.54) is 18.4 Å². The van der Waals surface area contributed by atoms with E-state index in [-0.39, 0.29) is 0 Å². The molecule has 0 saturated carbocycles. The molecule has 0 spiro atoms. The maximum absolute atomic E-state index is 12.7. The molecule has 0 aromatic heterocycles. The van der Waals surface area contributed by atoms with Crippen molar-refractivity contribution in [2.75, 3.05) is 0 Å². The van der Waals surface area contributed by atoms with Gasteiger partial charge in [-0.05, 0) is 78.1 Å². The minimum Gasteiger partial charge on any atom is -0.422 e. The van der Waals surface area contributed by atoms with Crippen LogP contribution in [0, 0.1) is 17.2 Å². The second-order valence-corrected chi connectivity index (χ2v) is 8.76. The van der Waals surface area contributed by atoms with Gasteiger partial charge in [-0.25, -0.2) is 4.79 Å². The standard InChI is InChI=1S/C30H33NO2/c1-4-6-7-24-12-19-29(28(20-24)21-31)33-30(32)27-17-15-26(16-18-27)25-13-10-23(11-14-25)9-8-22(3)5-2/h10-20,22H,4-9H2,1-3H3. The number of nitriles is 1. The molecule has 0 N–H and O–H groups in total. The average Bonchev–Trinajstić information content (AvgIpc) is 2.86. The van der Waals surface area contributed by atoms with Gasteiger partial charge in [-0.3, -0.25) is 0 Å². The van der Waals surface area contributed by atoms with Crippen molar-refractivity contribution >= 4 is 5.97 Å². The Morgan fingerprint density at radius 2 is 1.55 bits per heavy atom. The summed E-state index contributed by atoms with van der Waals surface area (Å²) in [6.45, 7) is 6.67. The molecule has 33 heavy (non-hydrogen) atoms. The Balaban J connectivity index is 1.65. The van der Waals surface area contributed by atoms with Crippen LogP contribution in [0.1, 0.15) is 73.5 Å². The summed E-state index contributed by atoms with van der Waals surface area (Å²) in [5, 5.41) is 9.47. The molecule has 0 amide bonds. The fourth-order valence-corrected chi connectivity index (χ4v) is 3.73. The van der Waals surface area contributed by atoms with Gasteiger partial charge in [0.15, 0.2) is 0 Å². The molecular weight excluding hydrogens is 406 g/mol. The second kappa shape index (κ2) is 12.0. The summed E-state index contributed by atoms with van der Waals surface area (Å²) in [4.78, 5) is 12.7. The summed E-state index contributed by atoms with van der Waals surface area (Å²) < 4.78 is 5.54. The highest BCUT2D eigenvalue weighted by molar-refractivity contribution is 5.92. The zero-order valence-electron chi connectivity index (χ0n) is 19.9. The van der Waals surface area contributed by atoms with Crippen molar-refractivity contribution in [1.29, 1.82) is 5.26 Å². The fourth-order valence-electron chi connectivity index (χ4n) is 3.73. The summed E-state index contributed by atoms with van der Waals surface area (Å²) in [6.07, 6.45) is 6.61. The second-order valence-electron chi connectivity index (χ2n) is 8.76. The van der Waals surface area contributed by atoms with Crippen LogP contribution in [0.5, 0.6) is 5.75 Å². The van der Waals surface area contributed by atoms with Crippen LogP contribution in [0.15, 0.2) is 66.7 Å². The number of nitrogens with zero attached hydrogens (tertiary/aromatic N) is 1. The van der Waals surface area contributed by atoms with Crippen molar-refractivity contribution in [3.63, 3.8) is 0 Å². The molecule has 0 heterocycles. The van der Waals surface area contributed by atoms with E-state index in [0.717, 1.165) is 48.3 Å². The monoisotopic (exact) mass is 439 g/mol. The molecule has 0 bridgehead atoms. The van der Waals surface area contributed by atoms with E-state index in [2.05, 4.69) is 51.1 Å². The molecule has 3 rings (SSSR count). The molecule has 0 aliphatic rings. The Hall–Kier alpha value is -3.38. The first-order chi connectivity index (χ1) is 16.0. The topological polar surface area (TPSA) is 50.1 Å². The number of hydrogen-bond acceptors (Lipinski definition) is 3. The summed E-state index contributed by atoms with van der Waals surface area (Å²) in [7, 11) is 0. The van der Waals surface area contributed by atoms with Crippen LogP contribution in [-0.2, 0) is 12.8 Å². The number of hydrogen-bond donors (Lipinski definition) is 0. The molecular formula is C30H33NO2. The van der Waals surface area contributed by atoms with Crippen LogP contribution in [0.3, 0.4) is 0 Å². The third-order valence-electron chi connectivity index (χ3n) is 6.22. The SMILES string of the molecule is CCCCc1ccc(OC(=O)c2ccc(-c3ccc(CCC(C)CC)cc3)cc2)c(C#N)c1. The Kier molecular flexibility index (Phi) is 8.84. The minimum atomic E-state index is -0.459. The maximum atomic E-state index is 12.7. The lowest BCUT2D eigenvalue weighted by molar-refractivity contribution is 0.0734. The summed E-state index contributed by atoms with van der Waals surface area (Å²) in [6, 6.07) is 23.7. The van der Waals surface area contributed by atoms with Gasteiger partial charge in [-0.1, -0.05) is 76.1 Å². The van der Waals surface area contributed by atoms with Gasteiger partial charge >= 0.3 is 5.97 Å². The number of rotatable bonds is 10. The van der Waals surface area contributed by atoms with Gasteiger partial charge in [0, 0.05) is 0 Å². The number of benzene rings is 3. The Labute approximate surface area is 198 Å². The molecule has 3 aromatic rings. The smallest absolute Gasteiger partial charge is 0.343 e. The van der Waals surface area contributed by atoms with E-state index in [4.69, 9.17) is 4.74 Å². The maximum Gasteiger partial charge on any atom is 0.343 e. The van der Waals surface area contributed by atoms with Crippen LogP contribution in [0.2, 0.25) is 0 Å². The highest BCUT2D eigenvalue weighted by Crippen LogP contribution is 2.24. The number of unbranched alkanes of at least 4 members (excludes halogenated alkanes) is 1. The molecule has 3 aromatic carbocycles. The van der Waals surface area contributed by atoms with Gasteiger partial charge in [0.2, 0.25) is 0 Å². The van der Waals surface area contributed by atoms with E-state index in [9.17, 15) is 10.1 Å². The van der Waals surface area contributed by atoms with Gasteiger partial charge < -0.3 is 4.74 Å². The molecule has 0 saturated heterocycles.